The van der Waals surface area contributed by atoms with Crippen LogP contribution in [-0.4, -0.2) is 12.6 Å². The molecule has 1 aromatic rings. The first-order valence-electron chi connectivity index (χ1n) is 4.72. The minimum atomic E-state index is -0.410. The summed E-state index contributed by atoms with van der Waals surface area (Å²) in [5.74, 6) is 0.289. The van der Waals surface area contributed by atoms with E-state index < -0.39 is 5.97 Å². The molecule has 0 radical (unpaired) electrons. The first kappa shape index (κ1) is 15.6. The van der Waals surface area contributed by atoms with Crippen molar-refractivity contribution in [3.05, 3.63) is 35.5 Å². The number of esters is 1. The second-order valence-electron chi connectivity index (χ2n) is 3.02. The number of carbonyl (C=O) groups is 1. The molecular weight excluding hydrogens is 265 g/mol. The van der Waals surface area contributed by atoms with Gasteiger partial charge in [-0.25, -0.2) is 10.3 Å². The van der Waals surface area contributed by atoms with Crippen LogP contribution in [0.5, 0.6) is 5.75 Å². The minimum absolute atomic E-state index is 0. The Morgan fingerprint density at radius 1 is 1.35 bits per heavy atom. The zero-order chi connectivity index (χ0) is 10.7. The summed E-state index contributed by atoms with van der Waals surface area (Å²) in [6, 6.07) is 7.44. The maximum atomic E-state index is 11.4. The van der Waals surface area contributed by atoms with Gasteiger partial charge in [0.1, 0.15) is 0 Å². The molecule has 1 N–H and O–H groups in total. The molecular formula is C11H13Cl2NO3. The van der Waals surface area contributed by atoms with Crippen LogP contribution >= 0.6 is 24.8 Å². The van der Waals surface area contributed by atoms with Gasteiger partial charge in [-0.2, -0.15) is 0 Å². The van der Waals surface area contributed by atoms with E-state index in [-0.39, 0.29) is 24.8 Å². The van der Waals surface area contributed by atoms with E-state index in [0.29, 0.717) is 18.1 Å². The summed E-state index contributed by atoms with van der Waals surface area (Å²) in [7, 11) is 0. The SMILES string of the molecule is CCOC(=O)C1=Cc2ccccc2ON1.Cl.Cl. The highest BCUT2D eigenvalue weighted by Gasteiger charge is 2.17. The van der Waals surface area contributed by atoms with E-state index in [1.807, 2.05) is 24.3 Å². The highest BCUT2D eigenvalue weighted by atomic mass is 35.5. The fourth-order valence-corrected chi connectivity index (χ4v) is 1.30. The van der Waals surface area contributed by atoms with Crippen molar-refractivity contribution in [2.24, 2.45) is 0 Å². The molecule has 1 aliphatic heterocycles. The highest BCUT2D eigenvalue weighted by Crippen LogP contribution is 2.23. The second kappa shape index (κ2) is 7.04. The van der Waals surface area contributed by atoms with Gasteiger partial charge in [0.15, 0.2) is 11.4 Å². The number of rotatable bonds is 2. The Kier molecular flexibility index (Phi) is 6.46. The fraction of sp³-hybridized carbons (Fsp3) is 0.182. The molecule has 0 unspecified atom stereocenters. The van der Waals surface area contributed by atoms with Crippen molar-refractivity contribution >= 4 is 36.9 Å². The zero-order valence-electron chi connectivity index (χ0n) is 9.14. The molecule has 0 bridgehead atoms. The van der Waals surface area contributed by atoms with Gasteiger partial charge in [-0.05, 0) is 19.1 Å². The molecule has 0 aliphatic carbocycles. The van der Waals surface area contributed by atoms with Gasteiger partial charge in [0.2, 0.25) is 0 Å². The van der Waals surface area contributed by atoms with E-state index in [2.05, 4.69) is 5.48 Å². The van der Waals surface area contributed by atoms with Gasteiger partial charge < -0.3 is 9.57 Å². The normalized spacial score (nSPS) is 11.5. The number of benzene rings is 1. The van der Waals surface area contributed by atoms with Gasteiger partial charge in [0.05, 0.1) is 6.61 Å². The number of halogens is 2. The summed E-state index contributed by atoms with van der Waals surface area (Å²) >= 11 is 0. The Balaban J connectivity index is 0.00000128. The van der Waals surface area contributed by atoms with Crippen molar-refractivity contribution in [1.29, 1.82) is 0 Å². The maximum absolute atomic E-state index is 11.4. The summed E-state index contributed by atoms with van der Waals surface area (Å²) < 4.78 is 4.85. The van der Waals surface area contributed by atoms with E-state index in [9.17, 15) is 4.79 Å². The number of hydroxylamine groups is 1. The fourth-order valence-electron chi connectivity index (χ4n) is 1.30. The Morgan fingerprint density at radius 3 is 2.76 bits per heavy atom. The lowest BCUT2D eigenvalue weighted by Gasteiger charge is -2.17. The van der Waals surface area contributed by atoms with Crippen LogP contribution in [0, 0.1) is 0 Å². The molecule has 0 saturated carbocycles. The number of para-hydroxylation sites is 1. The molecule has 1 aliphatic rings. The lowest BCUT2D eigenvalue weighted by molar-refractivity contribution is -0.139. The van der Waals surface area contributed by atoms with E-state index in [0.717, 1.165) is 5.56 Å². The summed E-state index contributed by atoms with van der Waals surface area (Å²) in [6.07, 6.45) is 1.71. The first-order valence-corrected chi connectivity index (χ1v) is 4.72. The topological polar surface area (TPSA) is 47.6 Å². The predicted molar refractivity (Wildman–Crippen MR) is 69.3 cm³/mol. The molecule has 1 aromatic carbocycles. The lowest BCUT2D eigenvalue weighted by Crippen LogP contribution is -2.28. The van der Waals surface area contributed by atoms with Crippen LogP contribution in [0.2, 0.25) is 0 Å². The predicted octanol–water partition coefficient (Wildman–Crippen LogP) is 2.33. The maximum Gasteiger partial charge on any atom is 0.357 e. The van der Waals surface area contributed by atoms with Crippen LogP contribution in [-0.2, 0) is 9.53 Å². The number of hydrogen-bond donors (Lipinski definition) is 1. The molecule has 0 saturated heterocycles. The van der Waals surface area contributed by atoms with Gasteiger partial charge in [0, 0.05) is 5.56 Å². The summed E-state index contributed by atoms with van der Waals surface area (Å²) in [4.78, 5) is 16.6. The Hall–Kier alpha value is -1.39. The van der Waals surface area contributed by atoms with Crippen molar-refractivity contribution in [1.82, 2.24) is 5.48 Å². The van der Waals surface area contributed by atoms with E-state index in [4.69, 9.17) is 9.57 Å². The van der Waals surface area contributed by atoms with Crippen molar-refractivity contribution in [2.45, 2.75) is 6.92 Å². The second-order valence-corrected chi connectivity index (χ2v) is 3.02. The van der Waals surface area contributed by atoms with Crippen LogP contribution in [0.3, 0.4) is 0 Å². The van der Waals surface area contributed by atoms with Crippen LogP contribution in [0.4, 0.5) is 0 Å². The van der Waals surface area contributed by atoms with Crippen molar-refractivity contribution < 1.29 is 14.4 Å². The third-order valence-corrected chi connectivity index (χ3v) is 1.99. The molecule has 6 heteroatoms. The third kappa shape index (κ3) is 3.54. The molecule has 94 valence electrons. The average molecular weight is 278 g/mol. The van der Waals surface area contributed by atoms with Gasteiger partial charge in [0.25, 0.3) is 0 Å². The average Bonchev–Trinajstić information content (AvgIpc) is 2.29. The Labute approximate surface area is 112 Å². The number of hydrogen-bond acceptors (Lipinski definition) is 4. The number of carbonyl (C=O) groups excluding carboxylic acids is 1. The molecule has 17 heavy (non-hydrogen) atoms. The highest BCUT2D eigenvalue weighted by molar-refractivity contribution is 5.93. The quantitative estimate of drug-likeness (QED) is 0.843. The molecule has 0 aromatic heterocycles. The Bertz CT molecular complexity index is 421. The molecule has 2 rings (SSSR count). The largest absolute Gasteiger partial charge is 0.461 e. The van der Waals surface area contributed by atoms with Crippen LogP contribution < -0.4 is 10.3 Å². The molecule has 4 nitrogen and oxygen atoms in total. The molecule has 0 fully saturated rings. The van der Waals surface area contributed by atoms with Gasteiger partial charge >= 0.3 is 5.97 Å². The molecule has 0 atom stereocenters. The van der Waals surface area contributed by atoms with Crippen LogP contribution in [0.25, 0.3) is 6.08 Å². The van der Waals surface area contributed by atoms with Gasteiger partial charge in [-0.3, -0.25) is 0 Å². The van der Waals surface area contributed by atoms with Gasteiger partial charge in [-0.15, -0.1) is 24.8 Å². The number of nitrogens with one attached hydrogen (secondary N) is 1. The number of fused-ring (bicyclic) bond motifs is 1. The van der Waals surface area contributed by atoms with Gasteiger partial charge in [-0.1, -0.05) is 18.2 Å². The first-order chi connectivity index (χ1) is 7.31. The minimum Gasteiger partial charge on any atom is -0.461 e. The third-order valence-electron chi connectivity index (χ3n) is 1.99. The smallest absolute Gasteiger partial charge is 0.357 e. The summed E-state index contributed by atoms with van der Waals surface area (Å²) in [6.45, 7) is 2.11. The van der Waals surface area contributed by atoms with Crippen LogP contribution in [0.15, 0.2) is 30.0 Å². The summed E-state index contributed by atoms with van der Waals surface area (Å²) in [5, 5.41) is 0. The summed E-state index contributed by atoms with van der Waals surface area (Å²) in [5.41, 5.74) is 3.72. The zero-order valence-corrected chi connectivity index (χ0v) is 10.8. The van der Waals surface area contributed by atoms with E-state index in [1.54, 1.807) is 13.0 Å². The Morgan fingerprint density at radius 2 is 2.06 bits per heavy atom. The van der Waals surface area contributed by atoms with E-state index in [1.165, 1.54) is 0 Å². The van der Waals surface area contributed by atoms with E-state index >= 15 is 0 Å². The molecule has 1 heterocycles. The molecule has 0 spiro atoms. The standard InChI is InChI=1S/C11H11NO3.2ClH/c1-2-14-11(13)9-7-8-5-3-4-6-10(8)15-12-9;;/h3-7,12H,2H2,1H3;2*1H. The van der Waals surface area contributed by atoms with Crippen molar-refractivity contribution in [3.63, 3.8) is 0 Å². The van der Waals surface area contributed by atoms with Crippen molar-refractivity contribution in [3.8, 4) is 5.75 Å². The lowest BCUT2D eigenvalue weighted by atomic mass is 10.1. The monoisotopic (exact) mass is 277 g/mol. The van der Waals surface area contributed by atoms with Crippen molar-refractivity contribution in [2.75, 3.05) is 6.61 Å². The van der Waals surface area contributed by atoms with Crippen LogP contribution in [0.1, 0.15) is 12.5 Å². The number of ether oxygens (including phenoxy) is 1. The molecule has 0 amide bonds.